The van der Waals surface area contributed by atoms with E-state index in [2.05, 4.69) is 30.2 Å². The molecule has 35 heavy (non-hydrogen) atoms. The van der Waals surface area contributed by atoms with Gasteiger partial charge in [-0.1, -0.05) is 29.8 Å². The summed E-state index contributed by atoms with van der Waals surface area (Å²) in [7, 11) is 0. The number of benzene rings is 1. The molecule has 1 amide bonds. The average molecular weight is 494 g/mol. The summed E-state index contributed by atoms with van der Waals surface area (Å²) in [6.07, 6.45) is 7.91. The number of aromatic nitrogens is 4. The SMILES string of the molecule is Cc1nn(Cc2ccccc2Cl)c(C)c1/C=C/C(=O)NCCCN1CCN(c2ncccn2)CC1. The minimum Gasteiger partial charge on any atom is -0.353 e. The number of carbonyl (C=O) groups is 1. The van der Waals surface area contributed by atoms with Crippen molar-refractivity contribution in [2.75, 3.05) is 44.2 Å². The summed E-state index contributed by atoms with van der Waals surface area (Å²) in [6, 6.07) is 9.60. The molecule has 3 aromatic rings. The molecule has 0 saturated carbocycles. The number of aryl methyl sites for hydroxylation is 1. The number of hydrogen-bond acceptors (Lipinski definition) is 6. The number of amides is 1. The second kappa shape index (κ2) is 12.0. The van der Waals surface area contributed by atoms with Gasteiger partial charge < -0.3 is 10.2 Å². The summed E-state index contributed by atoms with van der Waals surface area (Å²) in [6.45, 7) is 9.96. The van der Waals surface area contributed by atoms with Gasteiger partial charge in [0.1, 0.15) is 0 Å². The molecular formula is C26H32ClN7O. The lowest BCUT2D eigenvalue weighted by molar-refractivity contribution is -0.116. The topological polar surface area (TPSA) is 79.2 Å². The number of piperazine rings is 1. The monoisotopic (exact) mass is 493 g/mol. The highest BCUT2D eigenvalue weighted by Crippen LogP contribution is 2.20. The highest BCUT2D eigenvalue weighted by Gasteiger charge is 2.18. The predicted molar refractivity (Wildman–Crippen MR) is 140 cm³/mol. The Morgan fingerprint density at radius 1 is 1.09 bits per heavy atom. The second-order valence-corrected chi connectivity index (χ2v) is 9.10. The van der Waals surface area contributed by atoms with Crippen LogP contribution in [0.15, 0.2) is 48.8 Å². The van der Waals surface area contributed by atoms with Crippen LogP contribution in [-0.4, -0.2) is 69.8 Å². The van der Waals surface area contributed by atoms with Crippen molar-refractivity contribution >= 4 is 29.5 Å². The number of nitrogens with zero attached hydrogens (tertiary/aromatic N) is 6. The Morgan fingerprint density at radius 2 is 1.83 bits per heavy atom. The van der Waals surface area contributed by atoms with E-state index in [1.807, 2.05) is 54.9 Å². The summed E-state index contributed by atoms with van der Waals surface area (Å²) >= 11 is 6.30. The van der Waals surface area contributed by atoms with Crippen LogP contribution in [-0.2, 0) is 11.3 Å². The summed E-state index contributed by atoms with van der Waals surface area (Å²) in [5.41, 5.74) is 3.88. The van der Waals surface area contributed by atoms with Gasteiger partial charge in [0.25, 0.3) is 0 Å². The van der Waals surface area contributed by atoms with E-state index in [0.29, 0.717) is 13.1 Å². The Labute approximate surface area is 211 Å². The third-order valence-electron chi connectivity index (χ3n) is 6.27. The first-order valence-corrected chi connectivity index (χ1v) is 12.4. The van der Waals surface area contributed by atoms with Gasteiger partial charge in [0.05, 0.1) is 12.2 Å². The van der Waals surface area contributed by atoms with E-state index in [0.717, 1.165) is 72.6 Å². The van der Waals surface area contributed by atoms with E-state index in [9.17, 15) is 4.79 Å². The van der Waals surface area contributed by atoms with Gasteiger partial charge >= 0.3 is 0 Å². The lowest BCUT2D eigenvalue weighted by Gasteiger charge is -2.34. The molecule has 3 heterocycles. The molecular weight excluding hydrogens is 462 g/mol. The first kappa shape index (κ1) is 24.9. The Balaban J connectivity index is 1.19. The standard InChI is InChI=1S/C26H32ClN7O/c1-20-23(21(2)34(31-20)19-22-7-3-4-8-24(22)27)9-10-25(35)28-13-6-14-32-15-17-33(18-16-32)26-29-11-5-12-30-26/h3-5,7-12H,6,13-19H2,1-2H3,(H,28,35)/b10-9+. The van der Waals surface area contributed by atoms with Crippen molar-refractivity contribution in [1.82, 2.24) is 30.0 Å². The van der Waals surface area contributed by atoms with Gasteiger partial charge in [-0.05, 0) is 50.6 Å². The first-order chi connectivity index (χ1) is 17.0. The second-order valence-electron chi connectivity index (χ2n) is 8.69. The number of anilines is 1. The van der Waals surface area contributed by atoms with Crippen molar-refractivity contribution in [2.45, 2.75) is 26.8 Å². The molecule has 1 saturated heterocycles. The van der Waals surface area contributed by atoms with Crippen molar-refractivity contribution in [3.05, 3.63) is 76.3 Å². The third kappa shape index (κ3) is 6.68. The zero-order valence-corrected chi connectivity index (χ0v) is 21.1. The van der Waals surface area contributed by atoms with E-state index in [1.54, 1.807) is 18.5 Å². The van der Waals surface area contributed by atoms with Crippen LogP contribution in [0.3, 0.4) is 0 Å². The normalized spacial score (nSPS) is 14.5. The van der Waals surface area contributed by atoms with Crippen molar-refractivity contribution in [2.24, 2.45) is 0 Å². The van der Waals surface area contributed by atoms with Gasteiger partial charge in [-0.3, -0.25) is 14.4 Å². The molecule has 1 aromatic carbocycles. The fraction of sp³-hybridized carbons (Fsp3) is 0.385. The maximum Gasteiger partial charge on any atom is 0.244 e. The van der Waals surface area contributed by atoms with Crippen LogP contribution in [0.2, 0.25) is 5.02 Å². The van der Waals surface area contributed by atoms with Crippen LogP contribution in [0, 0.1) is 13.8 Å². The van der Waals surface area contributed by atoms with E-state index in [-0.39, 0.29) is 5.91 Å². The highest BCUT2D eigenvalue weighted by atomic mass is 35.5. The van der Waals surface area contributed by atoms with Crippen LogP contribution >= 0.6 is 11.6 Å². The molecule has 9 heteroatoms. The van der Waals surface area contributed by atoms with Gasteiger partial charge in [-0.25, -0.2) is 9.97 Å². The smallest absolute Gasteiger partial charge is 0.244 e. The lowest BCUT2D eigenvalue weighted by atomic mass is 10.1. The number of nitrogens with one attached hydrogen (secondary N) is 1. The van der Waals surface area contributed by atoms with Crippen LogP contribution in [0.4, 0.5) is 5.95 Å². The zero-order valence-electron chi connectivity index (χ0n) is 20.3. The fourth-order valence-electron chi connectivity index (χ4n) is 4.25. The van der Waals surface area contributed by atoms with Crippen LogP contribution in [0.5, 0.6) is 0 Å². The van der Waals surface area contributed by atoms with Crippen molar-refractivity contribution in [3.63, 3.8) is 0 Å². The van der Waals surface area contributed by atoms with Crippen molar-refractivity contribution in [3.8, 4) is 0 Å². The van der Waals surface area contributed by atoms with Gasteiger partial charge in [0, 0.05) is 67.5 Å². The summed E-state index contributed by atoms with van der Waals surface area (Å²) in [4.78, 5) is 25.6. The molecule has 0 bridgehead atoms. The quantitative estimate of drug-likeness (QED) is 0.364. The molecule has 0 aliphatic carbocycles. The Hall–Kier alpha value is -3.23. The molecule has 1 N–H and O–H groups in total. The fourth-order valence-corrected chi connectivity index (χ4v) is 4.45. The van der Waals surface area contributed by atoms with Crippen molar-refractivity contribution < 1.29 is 4.79 Å². The molecule has 1 aliphatic heterocycles. The van der Waals surface area contributed by atoms with E-state index in [4.69, 9.17) is 11.6 Å². The maximum absolute atomic E-state index is 12.4. The van der Waals surface area contributed by atoms with Gasteiger partial charge in [0.15, 0.2) is 0 Å². The molecule has 0 radical (unpaired) electrons. The Morgan fingerprint density at radius 3 is 2.57 bits per heavy atom. The van der Waals surface area contributed by atoms with Gasteiger partial charge in [-0.15, -0.1) is 0 Å². The largest absolute Gasteiger partial charge is 0.353 e. The minimum absolute atomic E-state index is 0.0892. The molecule has 1 fully saturated rings. The molecule has 8 nitrogen and oxygen atoms in total. The maximum atomic E-state index is 12.4. The molecule has 1 aliphatic rings. The molecule has 0 spiro atoms. The van der Waals surface area contributed by atoms with E-state index in [1.165, 1.54) is 0 Å². The number of carbonyl (C=O) groups excluding carboxylic acids is 1. The number of hydrogen-bond donors (Lipinski definition) is 1. The molecule has 184 valence electrons. The highest BCUT2D eigenvalue weighted by molar-refractivity contribution is 6.31. The predicted octanol–water partition coefficient (Wildman–Crippen LogP) is 3.33. The van der Waals surface area contributed by atoms with Gasteiger partial charge in [0.2, 0.25) is 11.9 Å². The summed E-state index contributed by atoms with van der Waals surface area (Å²) in [5, 5.41) is 8.35. The van der Waals surface area contributed by atoms with E-state index < -0.39 is 0 Å². The van der Waals surface area contributed by atoms with Crippen LogP contribution < -0.4 is 10.2 Å². The van der Waals surface area contributed by atoms with Crippen molar-refractivity contribution in [1.29, 1.82) is 0 Å². The van der Waals surface area contributed by atoms with Crippen LogP contribution in [0.25, 0.3) is 6.08 Å². The molecule has 0 unspecified atom stereocenters. The zero-order chi connectivity index (χ0) is 24.6. The minimum atomic E-state index is -0.0892. The number of rotatable bonds is 9. The third-order valence-corrected chi connectivity index (χ3v) is 6.64. The number of halogens is 1. The Bertz CT molecular complexity index is 1150. The molecule has 0 atom stereocenters. The average Bonchev–Trinajstić information content (AvgIpc) is 3.14. The van der Waals surface area contributed by atoms with Crippen LogP contribution in [0.1, 0.15) is 28.9 Å². The summed E-state index contributed by atoms with van der Waals surface area (Å²) < 4.78 is 1.93. The van der Waals surface area contributed by atoms with E-state index >= 15 is 0 Å². The van der Waals surface area contributed by atoms with Gasteiger partial charge in [-0.2, -0.15) is 5.10 Å². The Kier molecular flexibility index (Phi) is 8.50. The summed E-state index contributed by atoms with van der Waals surface area (Å²) in [5.74, 6) is 0.708. The molecule has 4 rings (SSSR count). The first-order valence-electron chi connectivity index (χ1n) is 12.0. The molecule has 2 aromatic heterocycles. The lowest BCUT2D eigenvalue weighted by Crippen LogP contribution is -2.47.